The van der Waals surface area contributed by atoms with Crippen LogP contribution in [0.3, 0.4) is 0 Å². The average molecular weight is 910 g/mol. The summed E-state index contributed by atoms with van der Waals surface area (Å²) in [6, 6.07) is 9.10. The van der Waals surface area contributed by atoms with Crippen molar-refractivity contribution in [3.8, 4) is 11.1 Å². The number of carbonyl (C=O) groups excluding carboxylic acids is 6. The molecule has 15 heteroatoms. The van der Waals surface area contributed by atoms with E-state index < -0.39 is 30.2 Å². The predicted molar refractivity (Wildman–Crippen MR) is 249 cm³/mol. The molecule has 0 radical (unpaired) electrons. The van der Waals surface area contributed by atoms with Crippen LogP contribution in [-0.4, -0.2) is 122 Å². The van der Waals surface area contributed by atoms with Crippen molar-refractivity contribution in [2.24, 2.45) is 17.8 Å². The number of rotatable bonds is 15. The molecule has 8 atom stereocenters. The van der Waals surface area contributed by atoms with Crippen LogP contribution in [0.5, 0.6) is 0 Å². The van der Waals surface area contributed by atoms with Gasteiger partial charge in [-0.15, -0.1) is 0 Å². The summed E-state index contributed by atoms with van der Waals surface area (Å²) in [5.41, 5.74) is 6.82. The lowest BCUT2D eigenvalue weighted by Gasteiger charge is -2.35. The Labute approximate surface area is 389 Å². The molecule has 6 aliphatic rings. The number of nitrogens with one attached hydrogen (secondary N) is 5. The molecule has 66 heavy (non-hydrogen) atoms. The van der Waals surface area contributed by atoms with Crippen molar-refractivity contribution >= 4 is 35.4 Å². The Morgan fingerprint density at radius 3 is 1.48 bits per heavy atom. The minimum absolute atomic E-state index is 0.0440. The van der Waals surface area contributed by atoms with E-state index in [1.54, 1.807) is 23.8 Å². The molecule has 5 N–H and O–H groups in total. The van der Waals surface area contributed by atoms with Crippen LogP contribution in [-0.2, 0) is 51.1 Å². The quantitative estimate of drug-likeness (QED) is 0.176. The summed E-state index contributed by atoms with van der Waals surface area (Å²) in [6.07, 6.45) is 9.00. The molecule has 4 saturated heterocycles. The summed E-state index contributed by atoms with van der Waals surface area (Å²) < 4.78 is 11.2. The van der Waals surface area contributed by atoms with Gasteiger partial charge in [0.1, 0.15) is 24.2 Å². The highest BCUT2D eigenvalue weighted by atomic mass is 16.5. The van der Waals surface area contributed by atoms with E-state index in [1.807, 2.05) is 13.8 Å². The number of ether oxygens (including phenoxy) is 2. The fourth-order valence-electron chi connectivity index (χ4n) is 11.4. The van der Waals surface area contributed by atoms with Gasteiger partial charge in [0.15, 0.2) is 0 Å². The topological polar surface area (TPSA) is 188 Å². The fourth-order valence-corrected chi connectivity index (χ4v) is 11.4. The molecular formula is C51H71N7O8. The maximum atomic E-state index is 14.3. The molecule has 6 amide bonds. The van der Waals surface area contributed by atoms with Gasteiger partial charge in [-0.25, -0.2) is 0 Å². The molecule has 0 spiro atoms. The van der Waals surface area contributed by atoms with E-state index >= 15 is 0 Å². The molecule has 2 aliphatic carbocycles. The standard InChI is InChI=1S/C51H71N7O8/c1-5-30(2)46(59)55-44(32-20-26-65-27-21-32)50(63)57-24-8-14-42(57)48(61)53-40-18-16-36-34(10-6-12-38(36)40)35-11-7-13-39-37(35)17-19-41(39)54-49(62)43-15-9-25-58(43)51(64)45(33-22-28-66-29-23-33)56-47(60)31(3)52-4/h6-7,10-13,30-33,40-45,52H,5,8-9,14-29H2,1-4H3,(H,53,61)(H,54,62)(H,55,59)(H,56,60)/t30-,31+,40-,41-,42+,43+,44+,45+/m1/s1. The zero-order valence-corrected chi connectivity index (χ0v) is 39.3. The normalized spacial score (nSPS) is 25.0. The number of hydrogen-bond acceptors (Lipinski definition) is 9. The zero-order chi connectivity index (χ0) is 46.5. The van der Waals surface area contributed by atoms with Gasteiger partial charge in [-0.05, 0) is 143 Å². The monoisotopic (exact) mass is 910 g/mol. The smallest absolute Gasteiger partial charge is 0.246 e. The second-order valence-electron chi connectivity index (χ2n) is 19.5. The Bertz CT molecular complexity index is 1970. The number of carbonyl (C=O) groups is 6. The molecule has 2 aromatic carbocycles. The largest absolute Gasteiger partial charge is 0.381 e. The van der Waals surface area contributed by atoms with Crippen LogP contribution >= 0.6 is 0 Å². The van der Waals surface area contributed by atoms with Gasteiger partial charge < -0.3 is 45.9 Å². The SMILES string of the molecule is CC[C@@H](C)C(=O)N[C@H](C(=O)N1CCC[C@H]1C(=O)N[C@@H]1CCc2c(-c3cccc4c3CC[C@H]4NC(=O)[C@@H]3CCCN3C(=O)[C@@H](NC(=O)[C@H](C)NC)C3CCOCC3)cccc21)C1CCOCC1. The number of likely N-dealkylation sites (tertiary alicyclic amines) is 2. The first-order valence-electron chi connectivity index (χ1n) is 24.9. The number of likely N-dealkylation sites (N-methyl/N-ethyl adjacent to an activating group) is 1. The van der Waals surface area contributed by atoms with Crippen molar-refractivity contribution in [1.82, 2.24) is 36.4 Å². The van der Waals surface area contributed by atoms with Gasteiger partial charge in [-0.2, -0.15) is 0 Å². The lowest BCUT2D eigenvalue weighted by molar-refractivity contribution is -0.144. The first kappa shape index (κ1) is 47.6. The Morgan fingerprint density at radius 2 is 1.06 bits per heavy atom. The van der Waals surface area contributed by atoms with Crippen LogP contribution in [0.25, 0.3) is 11.1 Å². The van der Waals surface area contributed by atoms with Crippen molar-refractivity contribution in [2.75, 3.05) is 46.6 Å². The molecule has 4 fully saturated rings. The molecule has 4 aliphatic heterocycles. The van der Waals surface area contributed by atoms with Gasteiger partial charge >= 0.3 is 0 Å². The number of hydrogen-bond donors (Lipinski definition) is 5. The summed E-state index contributed by atoms with van der Waals surface area (Å²) in [6.45, 7) is 8.70. The molecule has 358 valence electrons. The Kier molecular flexibility index (Phi) is 15.4. The predicted octanol–water partition coefficient (Wildman–Crippen LogP) is 4.02. The highest BCUT2D eigenvalue weighted by Gasteiger charge is 2.44. The highest BCUT2D eigenvalue weighted by Crippen LogP contribution is 2.43. The molecule has 0 aromatic heterocycles. The Hall–Kier alpha value is -4.86. The van der Waals surface area contributed by atoms with Crippen LogP contribution in [0.1, 0.15) is 126 Å². The van der Waals surface area contributed by atoms with E-state index in [0.29, 0.717) is 90.9 Å². The van der Waals surface area contributed by atoms with Crippen LogP contribution < -0.4 is 26.6 Å². The third-order valence-corrected chi connectivity index (χ3v) is 15.6. The molecule has 0 saturated carbocycles. The molecule has 0 bridgehead atoms. The highest BCUT2D eigenvalue weighted by molar-refractivity contribution is 5.95. The molecule has 4 heterocycles. The van der Waals surface area contributed by atoms with Gasteiger partial charge in [0, 0.05) is 45.4 Å². The summed E-state index contributed by atoms with van der Waals surface area (Å²) in [5.74, 6) is -1.40. The molecule has 8 rings (SSSR count). The van der Waals surface area contributed by atoms with Gasteiger partial charge in [0.05, 0.1) is 18.1 Å². The minimum Gasteiger partial charge on any atom is -0.381 e. The van der Waals surface area contributed by atoms with Gasteiger partial charge in [-0.1, -0.05) is 50.2 Å². The number of benzene rings is 2. The molecule has 15 nitrogen and oxygen atoms in total. The van der Waals surface area contributed by atoms with Crippen LogP contribution in [0.15, 0.2) is 36.4 Å². The third kappa shape index (κ3) is 10.0. The van der Waals surface area contributed by atoms with E-state index in [-0.39, 0.29) is 65.3 Å². The molecular weight excluding hydrogens is 839 g/mol. The minimum atomic E-state index is -0.725. The van der Waals surface area contributed by atoms with E-state index in [1.165, 1.54) is 11.1 Å². The van der Waals surface area contributed by atoms with Crippen LogP contribution in [0.2, 0.25) is 0 Å². The van der Waals surface area contributed by atoms with Gasteiger partial charge in [-0.3, -0.25) is 28.8 Å². The maximum absolute atomic E-state index is 14.3. The summed E-state index contributed by atoms with van der Waals surface area (Å²) in [7, 11) is 1.71. The number of amides is 6. The summed E-state index contributed by atoms with van der Waals surface area (Å²) in [4.78, 5) is 86.5. The second kappa shape index (κ2) is 21.4. The van der Waals surface area contributed by atoms with Gasteiger partial charge in [0.2, 0.25) is 35.4 Å². The molecule has 2 aromatic rings. The first-order chi connectivity index (χ1) is 32.0. The molecule has 0 unspecified atom stereocenters. The lowest BCUT2D eigenvalue weighted by Crippen LogP contribution is -2.58. The average Bonchev–Trinajstić information content (AvgIpc) is 4.19. The fraction of sp³-hybridized carbons (Fsp3) is 0.647. The van der Waals surface area contributed by atoms with E-state index in [4.69, 9.17) is 9.47 Å². The van der Waals surface area contributed by atoms with E-state index in [2.05, 4.69) is 63.0 Å². The summed E-state index contributed by atoms with van der Waals surface area (Å²) >= 11 is 0. The van der Waals surface area contributed by atoms with Crippen molar-refractivity contribution < 1.29 is 38.2 Å². The van der Waals surface area contributed by atoms with Crippen molar-refractivity contribution in [2.45, 2.75) is 147 Å². The Balaban J connectivity index is 0.941. The van der Waals surface area contributed by atoms with Crippen LogP contribution in [0.4, 0.5) is 0 Å². The zero-order valence-electron chi connectivity index (χ0n) is 39.3. The third-order valence-electron chi connectivity index (χ3n) is 15.6. The van der Waals surface area contributed by atoms with E-state index in [9.17, 15) is 28.8 Å². The lowest BCUT2D eigenvalue weighted by atomic mass is 9.90. The van der Waals surface area contributed by atoms with Crippen molar-refractivity contribution in [3.05, 3.63) is 58.7 Å². The van der Waals surface area contributed by atoms with Gasteiger partial charge in [0.25, 0.3) is 0 Å². The number of fused-ring (bicyclic) bond motifs is 2. The second-order valence-corrected chi connectivity index (χ2v) is 19.5. The first-order valence-corrected chi connectivity index (χ1v) is 24.9. The number of nitrogens with zero attached hydrogens (tertiary/aromatic N) is 2. The van der Waals surface area contributed by atoms with E-state index in [0.717, 1.165) is 54.4 Å². The van der Waals surface area contributed by atoms with Crippen molar-refractivity contribution in [3.63, 3.8) is 0 Å². The summed E-state index contributed by atoms with van der Waals surface area (Å²) in [5, 5.41) is 15.7. The maximum Gasteiger partial charge on any atom is 0.246 e. The van der Waals surface area contributed by atoms with Crippen LogP contribution in [0, 0.1) is 17.8 Å². The van der Waals surface area contributed by atoms with Crippen molar-refractivity contribution in [1.29, 1.82) is 0 Å². The Morgan fingerprint density at radius 1 is 0.621 bits per heavy atom.